The molecule has 2 aromatic rings. The van der Waals surface area contributed by atoms with Crippen molar-refractivity contribution in [1.82, 2.24) is 10.2 Å². The van der Waals surface area contributed by atoms with Crippen molar-refractivity contribution in [3.63, 3.8) is 0 Å². The minimum Gasteiger partial charge on any atom is -0.497 e. The molecule has 1 aliphatic rings. The fourth-order valence-electron chi connectivity index (χ4n) is 2.47. The van der Waals surface area contributed by atoms with Crippen LogP contribution in [-0.4, -0.2) is 28.5 Å². The molecule has 1 unspecified atom stereocenters. The first-order valence-corrected chi connectivity index (χ1v) is 8.49. The van der Waals surface area contributed by atoms with E-state index in [0.29, 0.717) is 28.8 Å². The molecule has 1 aromatic heterocycles. The Bertz CT molecular complexity index is 861. The quantitative estimate of drug-likeness (QED) is 0.868. The monoisotopic (exact) mass is 368 g/mol. The lowest BCUT2D eigenvalue weighted by atomic mass is 9.96. The lowest BCUT2D eigenvalue weighted by Gasteiger charge is -2.19. The van der Waals surface area contributed by atoms with Crippen LogP contribution >= 0.6 is 11.6 Å². The third kappa shape index (κ3) is 4.55. The highest BCUT2D eigenvalue weighted by molar-refractivity contribution is 6.30. The molecule has 0 radical (unpaired) electrons. The van der Waals surface area contributed by atoms with Crippen LogP contribution in [0.4, 0.5) is 10.5 Å². The Balaban J connectivity index is 1.77. The number of aromatic nitrogens is 2. The molecule has 132 valence electrons. The van der Waals surface area contributed by atoms with Crippen molar-refractivity contribution in [3.8, 4) is 0 Å². The summed E-state index contributed by atoms with van der Waals surface area (Å²) >= 11 is 5.83. The molecule has 0 aliphatic heterocycles. The first-order chi connectivity index (χ1) is 12.7. The Hall–Kier alpha value is -2.99. The second kappa shape index (κ2) is 8.40. The third-order valence-corrected chi connectivity index (χ3v) is 3.86. The molecule has 0 saturated heterocycles. The molecular formula is C19H17ClN4O2. The minimum absolute atomic E-state index is 0.151. The number of nitrogens with one attached hydrogen (secondary N) is 1. The van der Waals surface area contributed by atoms with Crippen LogP contribution in [0.1, 0.15) is 18.5 Å². The molecule has 3 rings (SSSR count). The zero-order valence-corrected chi connectivity index (χ0v) is 14.8. The number of anilines is 1. The van der Waals surface area contributed by atoms with Crippen LogP contribution in [0.25, 0.3) is 0 Å². The highest BCUT2D eigenvalue weighted by atomic mass is 35.5. The standard InChI is InChI=1S/C19H17ClN4O2/c1-2-26-18-12-15(9-10-16(18)17-4-3-11-21-24-17)23-19(25)22-14-7-5-13(20)6-8-14/h3-12,16H,2H2,1H3,(H,22,25)/b23-15+. The van der Waals surface area contributed by atoms with E-state index >= 15 is 0 Å². The summed E-state index contributed by atoms with van der Waals surface area (Å²) in [5, 5.41) is 11.3. The predicted molar refractivity (Wildman–Crippen MR) is 102 cm³/mol. The van der Waals surface area contributed by atoms with Crippen LogP contribution in [0.5, 0.6) is 0 Å². The smallest absolute Gasteiger partial charge is 0.345 e. The van der Waals surface area contributed by atoms with Gasteiger partial charge in [0.15, 0.2) is 0 Å². The van der Waals surface area contributed by atoms with Crippen LogP contribution in [0, 0.1) is 0 Å². The van der Waals surface area contributed by atoms with E-state index in [4.69, 9.17) is 16.3 Å². The van der Waals surface area contributed by atoms with Crippen molar-refractivity contribution in [3.05, 3.63) is 77.3 Å². The lowest BCUT2D eigenvalue weighted by molar-refractivity contribution is 0.215. The van der Waals surface area contributed by atoms with Gasteiger partial charge in [-0.1, -0.05) is 17.7 Å². The fourth-order valence-corrected chi connectivity index (χ4v) is 2.59. The Kier molecular flexibility index (Phi) is 5.76. The van der Waals surface area contributed by atoms with Crippen LogP contribution in [0.2, 0.25) is 5.02 Å². The SMILES string of the molecule is CCOC1=C/C(=N/C(=O)Nc2ccc(Cl)cc2)C=CC1c1cccnn1. The third-order valence-electron chi connectivity index (χ3n) is 3.60. The number of aliphatic imine (C=N–C) groups is 1. The number of hydrogen-bond donors (Lipinski definition) is 1. The number of hydrogen-bond acceptors (Lipinski definition) is 4. The number of urea groups is 1. The van der Waals surface area contributed by atoms with Crippen molar-refractivity contribution in [1.29, 1.82) is 0 Å². The molecule has 6 nitrogen and oxygen atoms in total. The second-order valence-corrected chi connectivity index (χ2v) is 5.88. The number of amides is 2. The van der Waals surface area contributed by atoms with Crippen LogP contribution in [0.15, 0.2) is 71.6 Å². The summed E-state index contributed by atoms with van der Waals surface area (Å²) in [4.78, 5) is 16.2. The molecule has 0 spiro atoms. The Labute approximate surface area is 156 Å². The van der Waals surface area contributed by atoms with Crippen LogP contribution < -0.4 is 5.32 Å². The summed E-state index contributed by atoms with van der Waals surface area (Å²) in [6.07, 6.45) is 7.02. The highest BCUT2D eigenvalue weighted by Gasteiger charge is 2.21. The van der Waals surface area contributed by atoms with Crippen molar-refractivity contribution in [2.45, 2.75) is 12.8 Å². The maximum atomic E-state index is 12.1. The fraction of sp³-hybridized carbons (Fsp3) is 0.158. The summed E-state index contributed by atoms with van der Waals surface area (Å²) < 4.78 is 5.71. The first-order valence-electron chi connectivity index (χ1n) is 8.11. The zero-order chi connectivity index (χ0) is 18.4. The average molecular weight is 369 g/mol. The molecule has 0 fully saturated rings. The van der Waals surface area contributed by atoms with E-state index in [-0.39, 0.29) is 5.92 Å². The number of nitrogens with zero attached hydrogens (tertiary/aromatic N) is 3. The van der Waals surface area contributed by atoms with Crippen LogP contribution in [-0.2, 0) is 4.74 Å². The normalized spacial score (nSPS) is 17.7. The number of rotatable bonds is 4. The van der Waals surface area contributed by atoms with E-state index in [0.717, 1.165) is 5.69 Å². The van der Waals surface area contributed by atoms with Gasteiger partial charge < -0.3 is 10.1 Å². The van der Waals surface area contributed by atoms with E-state index in [2.05, 4.69) is 20.5 Å². The molecule has 0 bridgehead atoms. The molecule has 7 heteroatoms. The van der Waals surface area contributed by atoms with Gasteiger partial charge in [0, 0.05) is 23.0 Å². The molecule has 0 saturated carbocycles. The predicted octanol–water partition coefficient (Wildman–Crippen LogP) is 4.38. The lowest BCUT2D eigenvalue weighted by Crippen LogP contribution is -2.14. The van der Waals surface area contributed by atoms with Gasteiger partial charge in [-0.05, 0) is 49.4 Å². The van der Waals surface area contributed by atoms with E-state index in [1.807, 2.05) is 25.1 Å². The number of allylic oxidation sites excluding steroid dienone is 3. The maximum absolute atomic E-state index is 12.1. The van der Waals surface area contributed by atoms with Crippen molar-refractivity contribution in [2.75, 3.05) is 11.9 Å². The number of halogens is 1. The maximum Gasteiger partial charge on any atom is 0.345 e. The minimum atomic E-state index is -0.475. The largest absolute Gasteiger partial charge is 0.497 e. The topological polar surface area (TPSA) is 76.5 Å². The summed E-state index contributed by atoms with van der Waals surface area (Å²) in [6, 6.07) is 10.0. The Morgan fingerprint density at radius 3 is 2.81 bits per heavy atom. The molecule has 26 heavy (non-hydrogen) atoms. The van der Waals surface area contributed by atoms with Gasteiger partial charge in [-0.2, -0.15) is 15.2 Å². The number of ether oxygens (including phenoxy) is 1. The Morgan fingerprint density at radius 2 is 2.12 bits per heavy atom. The van der Waals surface area contributed by atoms with Gasteiger partial charge in [-0.3, -0.25) is 0 Å². The van der Waals surface area contributed by atoms with Gasteiger partial charge in [0.2, 0.25) is 0 Å². The van der Waals surface area contributed by atoms with E-state index in [9.17, 15) is 4.79 Å². The highest BCUT2D eigenvalue weighted by Crippen LogP contribution is 2.28. The van der Waals surface area contributed by atoms with Crippen molar-refractivity contribution >= 4 is 29.0 Å². The molecular weight excluding hydrogens is 352 g/mol. The van der Waals surface area contributed by atoms with E-state index in [1.54, 1.807) is 42.6 Å². The number of carbonyl (C=O) groups is 1. The second-order valence-electron chi connectivity index (χ2n) is 5.44. The zero-order valence-electron chi connectivity index (χ0n) is 14.1. The molecule has 1 aliphatic carbocycles. The molecule has 1 aromatic carbocycles. The summed E-state index contributed by atoms with van der Waals surface area (Å²) in [6.45, 7) is 2.40. The molecule has 1 heterocycles. The molecule has 1 atom stereocenters. The van der Waals surface area contributed by atoms with E-state index < -0.39 is 6.03 Å². The van der Waals surface area contributed by atoms with Gasteiger partial charge in [0.1, 0.15) is 5.76 Å². The summed E-state index contributed by atoms with van der Waals surface area (Å²) in [5.41, 5.74) is 1.89. The van der Waals surface area contributed by atoms with Gasteiger partial charge in [0.25, 0.3) is 0 Å². The van der Waals surface area contributed by atoms with Gasteiger partial charge in [-0.25, -0.2) is 4.79 Å². The van der Waals surface area contributed by atoms with Gasteiger partial charge in [0.05, 0.1) is 23.9 Å². The number of carbonyl (C=O) groups excluding carboxylic acids is 1. The first kappa shape index (κ1) is 17.8. The van der Waals surface area contributed by atoms with Crippen molar-refractivity contribution in [2.24, 2.45) is 4.99 Å². The molecule has 2 amide bonds. The molecule has 1 N–H and O–H groups in total. The summed E-state index contributed by atoms with van der Waals surface area (Å²) in [7, 11) is 0. The number of benzene rings is 1. The summed E-state index contributed by atoms with van der Waals surface area (Å²) in [5.74, 6) is 0.524. The van der Waals surface area contributed by atoms with E-state index in [1.165, 1.54) is 0 Å². The van der Waals surface area contributed by atoms with Gasteiger partial charge in [-0.15, -0.1) is 0 Å². The Morgan fingerprint density at radius 1 is 1.31 bits per heavy atom. The van der Waals surface area contributed by atoms with Gasteiger partial charge >= 0.3 is 6.03 Å². The van der Waals surface area contributed by atoms with Crippen molar-refractivity contribution < 1.29 is 9.53 Å². The van der Waals surface area contributed by atoms with Crippen LogP contribution in [0.3, 0.4) is 0 Å². The average Bonchev–Trinajstić information content (AvgIpc) is 2.65.